The number of rotatable bonds is 0. The van der Waals surface area contributed by atoms with Gasteiger partial charge < -0.3 is 16.2 Å². The van der Waals surface area contributed by atoms with Crippen LogP contribution in [0, 0.1) is 0 Å². The number of hydrogen-bond acceptors (Lipinski definition) is 5. The zero-order valence-corrected chi connectivity index (χ0v) is 12.1. The van der Waals surface area contributed by atoms with Gasteiger partial charge in [0.25, 0.3) is 0 Å². The summed E-state index contributed by atoms with van der Waals surface area (Å²) >= 11 is 1.55. The Labute approximate surface area is 127 Å². The molecule has 5 heteroatoms. The maximum absolute atomic E-state index is 6.12. The van der Waals surface area contributed by atoms with Gasteiger partial charge in [0.05, 0.1) is 5.54 Å². The highest BCUT2D eigenvalue weighted by molar-refractivity contribution is 8.02. The first-order valence-electron chi connectivity index (χ1n) is 6.73. The second-order valence-corrected chi connectivity index (χ2v) is 6.22. The molecule has 2 heterocycles. The Hall–Kier alpha value is -1.95. The van der Waals surface area contributed by atoms with Gasteiger partial charge in [-0.2, -0.15) is 0 Å². The molecule has 2 aliphatic rings. The van der Waals surface area contributed by atoms with Crippen LogP contribution in [0.3, 0.4) is 0 Å². The Balaban J connectivity index is 2.03. The van der Waals surface area contributed by atoms with Gasteiger partial charge in [-0.25, -0.2) is 0 Å². The summed E-state index contributed by atoms with van der Waals surface area (Å²) in [5, 5.41) is 5.53. The summed E-state index contributed by atoms with van der Waals surface area (Å²) < 4.78 is 6.02. The van der Waals surface area contributed by atoms with E-state index in [2.05, 4.69) is 17.5 Å². The molecule has 4 rings (SSSR count). The fraction of sp³-hybridized carbons (Fsp3) is 0.125. The largest absolute Gasteiger partial charge is 0.457 e. The molecule has 5 N–H and O–H groups in total. The molecule has 2 unspecified atom stereocenters. The van der Waals surface area contributed by atoms with Crippen molar-refractivity contribution in [3.05, 3.63) is 65.1 Å². The maximum Gasteiger partial charge on any atom is 0.133 e. The van der Waals surface area contributed by atoms with E-state index < -0.39 is 5.54 Å². The number of thioether (sulfide) groups is 1. The average Bonchev–Trinajstić information content (AvgIpc) is 2.49. The molecule has 21 heavy (non-hydrogen) atoms. The lowest BCUT2D eigenvalue weighted by molar-refractivity contribution is 0.380. The normalized spacial score (nSPS) is 26.0. The van der Waals surface area contributed by atoms with E-state index in [1.807, 2.05) is 41.8 Å². The van der Waals surface area contributed by atoms with Crippen LogP contribution in [0.15, 0.2) is 53.9 Å². The fourth-order valence-electron chi connectivity index (χ4n) is 2.96. The van der Waals surface area contributed by atoms with Crippen molar-refractivity contribution in [1.82, 2.24) is 5.32 Å². The summed E-state index contributed by atoms with van der Waals surface area (Å²) in [6, 6.07) is 13.7. The topological polar surface area (TPSA) is 73.3 Å². The number of nitrogen functional groups attached to an aromatic ring is 1. The van der Waals surface area contributed by atoms with Crippen molar-refractivity contribution in [3.63, 3.8) is 0 Å². The molecule has 0 saturated carbocycles. The van der Waals surface area contributed by atoms with Crippen LogP contribution in [0.4, 0.5) is 5.69 Å². The summed E-state index contributed by atoms with van der Waals surface area (Å²) in [5.41, 5.74) is 14.2. The average molecular weight is 297 g/mol. The van der Waals surface area contributed by atoms with Crippen LogP contribution in [-0.2, 0) is 5.54 Å². The van der Waals surface area contributed by atoms with Crippen LogP contribution in [0.2, 0.25) is 0 Å². The molecule has 0 fully saturated rings. The van der Waals surface area contributed by atoms with E-state index >= 15 is 0 Å². The number of benzene rings is 2. The number of ether oxygens (including phenoxy) is 1. The summed E-state index contributed by atoms with van der Waals surface area (Å²) in [5.74, 6) is 1.64. The molecule has 0 radical (unpaired) electrons. The van der Waals surface area contributed by atoms with E-state index in [1.54, 1.807) is 11.8 Å². The van der Waals surface area contributed by atoms with Crippen LogP contribution in [0.5, 0.6) is 11.5 Å². The Kier molecular flexibility index (Phi) is 2.75. The lowest BCUT2D eigenvalue weighted by Gasteiger charge is -2.42. The van der Waals surface area contributed by atoms with E-state index in [0.29, 0.717) is 5.69 Å². The van der Waals surface area contributed by atoms with Crippen molar-refractivity contribution in [2.75, 3.05) is 5.73 Å². The lowest BCUT2D eigenvalue weighted by Crippen LogP contribution is -2.52. The number of para-hydroxylation sites is 1. The summed E-state index contributed by atoms with van der Waals surface area (Å²) in [7, 11) is 0. The molecule has 4 nitrogen and oxygen atoms in total. The van der Waals surface area contributed by atoms with E-state index in [-0.39, 0.29) is 5.50 Å². The molecular weight excluding hydrogens is 282 g/mol. The molecule has 0 aliphatic carbocycles. The zero-order chi connectivity index (χ0) is 14.4. The number of anilines is 1. The molecule has 1 spiro atoms. The van der Waals surface area contributed by atoms with Crippen LogP contribution >= 0.6 is 11.8 Å². The molecule has 2 aromatic carbocycles. The molecule has 2 aromatic rings. The number of nitrogens with two attached hydrogens (primary N) is 2. The van der Waals surface area contributed by atoms with E-state index in [9.17, 15) is 0 Å². The van der Waals surface area contributed by atoms with Crippen LogP contribution < -0.4 is 21.5 Å². The van der Waals surface area contributed by atoms with Gasteiger partial charge in [-0.15, -0.1) is 0 Å². The predicted molar refractivity (Wildman–Crippen MR) is 86.0 cm³/mol. The molecule has 2 atom stereocenters. The minimum atomic E-state index is -0.496. The van der Waals surface area contributed by atoms with Gasteiger partial charge in [-0.05, 0) is 35.7 Å². The van der Waals surface area contributed by atoms with Crippen LogP contribution in [-0.4, -0.2) is 5.50 Å². The number of fused-ring (bicyclic) bond motifs is 4. The summed E-state index contributed by atoms with van der Waals surface area (Å²) in [6.07, 6.45) is 2.13. The predicted octanol–water partition coefficient (Wildman–Crippen LogP) is 2.71. The van der Waals surface area contributed by atoms with Gasteiger partial charge in [0.1, 0.15) is 17.0 Å². The summed E-state index contributed by atoms with van der Waals surface area (Å²) in [6.45, 7) is 0. The van der Waals surface area contributed by atoms with Crippen molar-refractivity contribution >= 4 is 17.4 Å². The lowest BCUT2D eigenvalue weighted by atomic mass is 9.80. The number of nitrogens with one attached hydrogen (secondary N) is 1. The van der Waals surface area contributed by atoms with Gasteiger partial charge in [0, 0.05) is 16.8 Å². The van der Waals surface area contributed by atoms with Gasteiger partial charge in [0.15, 0.2) is 0 Å². The SMILES string of the molecule is Nc1ccc2c(c1)C1(C=CSC(N)N1)c1ccccc1O2. The molecule has 0 amide bonds. The first kappa shape index (κ1) is 12.8. The maximum atomic E-state index is 6.12. The third-order valence-corrected chi connectivity index (χ3v) is 4.58. The van der Waals surface area contributed by atoms with Crippen molar-refractivity contribution in [3.8, 4) is 11.5 Å². The molecular formula is C16H15N3OS. The first-order chi connectivity index (χ1) is 10.2. The summed E-state index contributed by atoms with van der Waals surface area (Å²) in [4.78, 5) is 0. The second-order valence-electron chi connectivity index (χ2n) is 5.17. The van der Waals surface area contributed by atoms with Gasteiger partial charge >= 0.3 is 0 Å². The minimum Gasteiger partial charge on any atom is -0.457 e. The Morgan fingerprint density at radius 3 is 2.76 bits per heavy atom. The fourth-order valence-corrected chi connectivity index (χ4v) is 3.66. The Morgan fingerprint density at radius 1 is 1.10 bits per heavy atom. The monoisotopic (exact) mass is 297 g/mol. The van der Waals surface area contributed by atoms with Crippen LogP contribution in [0.1, 0.15) is 11.1 Å². The quantitative estimate of drug-likeness (QED) is 0.652. The highest BCUT2D eigenvalue weighted by atomic mass is 32.2. The Morgan fingerprint density at radius 2 is 1.90 bits per heavy atom. The van der Waals surface area contributed by atoms with Crippen LogP contribution in [0.25, 0.3) is 0 Å². The van der Waals surface area contributed by atoms with Crippen molar-refractivity contribution in [1.29, 1.82) is 0 Å². The highest BCUT2D eigenvalue weighted by Gasteiger charge is 2.42. The molecule has 2 aliphatic heterocycles. The van der Waals surface area contributed by atoms with Crippen molar-refractivity contribution < 1.29 is 4.74 Å². The third kappa shape index (κ3) is 1.86. The number of hydrogen-bond donors (Lipinski definition) is 3. The minimum absolute atomic E-state index is 0.185. The van der Waals surface area contributed by atoms with Crippen molar-refractivity contribution in [2.45, 2.75) is 11.0 Å². The van der Waals surface area contributed by atoms with Gasteiger partial charge in [-0.3, -0.25) is 5.32 Å². The molecule has 0 aromatic heterocycles. The molecule has 106 valence electrons. The second kappa shape index (κ2) is 4.53. The standard InChI is InChI=1S/C16H15N3OS/c17-10-5-6-14-12(9-10)16(7-8-21-15(18)19-16)11-3-1-2-4-13(11)20-14/h1-9,15,19H,17-18H2. The van der Waals surface area contributed by atoms with E-state index in [0.717, 1.165) is 22.6 Å². The van der Waals surface area contributed by atoms with Gasteiger partial charge in [0.2, 0.25) is 0 Å². The van der Waals surface area contributed by atoms with Gasteiger partial charge in [-0.1, -0.05) is 30.0 Å². The third-order valence-electron chi connectivity index (χ3n) is 3.87. The van der Waals surface area contributed by atoms with Crippen molar-refractivity contribution in [2.24, 2.45) is 5.73 Å². The molecule has 0 saturated heterocycles. The zero-order valence-electron chi connectivity index (χ0n) is 11.2. The molecule has 0 bridgehead atoms. The Bertz CT molecular complexity index is 746. The highest BCUT2D eigenvalue weighted by Crippen LogP contribution is 2.49. The van der Waals surface area contributed by atoms with E-state index in [4.69, 9.17) is 16.2 Å². The van der Waals surface area contributed by atoms with E-state index in [1.165, 1.54) is 0 Å². The first-order valence-corrected chi connectivity index (χ1v) is 7.67. The smallest absolute Gasteiger partial charge is 0.133 e.